The Morgan fingerprint density at radius 2 is 1.59 bits per heavy atom. The number of nitrogens with zero attached hydrogens (tertiary/aromatic N) is 3. The maximum atomic E-state index is 14.7. The monoisotopic (exact) mass is 549 g/mol. The first kappa shape index (κ1) is 26.6. The number of hydrogen-bond acceptors (Lipinski definition) is 4. The maximum absolute atomic E-state index is 14.7. The van der Waals surface area contributed by atoms with Crippen LogP contribution in [0.25, 0.3) is 44.9 Å². The van der Waals surface area contributed by atoms with Crippen LogP contribution in [-0.4, -0.2) is 34.2 Å². The zero-order valence-electron chi connectivity index (χ0n) is 22.3. The molecule has 0 aliphatic heterocycles. The number of hydrogen-bond donors (Lipinski definition) is 2. The molecule has 0 bridgehead atoms. The molecule has 10 heteroatoms. The molecule has 0 aliphatic rings. The van der Waals surface area contributed by atoms with E-state index in [1.165, 1.54) is 18.2 Å². The smallest absolute Gasteiger partial charge is 0.232 e. The van der Waals surface area contributed by atoms with Crippen LogP contribution in [0.1, 0.15) is 33.7 Å². The predicted octanol–water partition coefficient (Wildman–Crippen LogP) is 7.02. The Labute approximate surface area is 226 Å². The Bertz CT molecular complexity index is 1770. The summed E-state index contributed by atoms with van der Waals surface area (Å²) in [5.74, 6) is -1.17. The van der Waals surface area contributed by atoms with Crippen LogP contribution >= 0.6 is 0 Å². The van der Waals surface area contributed by atoms with Gasteiger partial charge in [-0.3, -0.25) is 4.72 Å². The minimum absolute atomic E-state index is 0.0653. The van der Waals surface area contributed by atoms with Gasteiger partial charge in [-0.2, -0.15) is 0 Å². The zero-order valence-corrected chi connectivity index (χ0v) is 23.1. The van der Waals surface area contributed by atoms with Crippen LogP contribution in [0.2, 0.25) is 0 Å². The third-order valence-electron chi connectivity index (χ3n) is 6.85. The summed E-state index contributed by atoms with van der Waals surface area (Å²) in [6, 6.07) is 18.4. The fourth-order valence-electron chi connectivity index (χ4n) is 4.50. The van der Waals surface area contributed by atoms with Gasteiger partial charge in [0.25, 0.3) is 0 Å². The Kier molecular flexibility index (Phi) is 6.54. The highest BCUT2D eigenvalue weighted by Gasteiger charge is 2.28. The van der Waals surface area contributed by atoms with Gasteiger partial charge >= 0.3 is 0 Å². The topological polar surface area (TPSA) is 92.7 Å². The lowest BCUT2D eigenvalue weighted by molar-refractivity contribution is 0.270. The summed E-state index contributed by atoms with van der Waals surface area (Å²) in [5.41, 5.74) is 3.38. The molecule has 0 spiro atoms. The molecule has 202 valence electrons. The molecule has 0 radical (unpaired) electrons. The van der Waals surface area contributed by atoms with E-state index in [-0.39, 0.29) is 28.8 Å². The predicted molar refractivity (Wildman–Crippen MR) is 151 cm³/mol. The fraction of sp³-hybridized carbons (Fsp3) is 0.241. The summed E-state index contributed by atoms with van der Waals surface area (Å²) < 4.78 is 58.1. The molecule has 0 amide bonds. The summed E-state index contributed by atoms with van der Waals surface area (Å²) in [4.78, 5) is 12.4. The second-order valence-corrected chi connectivity index (χ2v) is 12.4. The van der Waals surface area contributed by atoms with Crippen molar-refractivity contribution >= 4 is 27.0 Å². The highest BCUT2D eigenvalue weighted by atomic mass is 32.2. The summed E-state index contributed by atoms with van der Waals surface area (Å²) in [6.45, 7) is 8.19. The summed E-state index contributed by atoms with van der Waals surface area (Å²) in [6.07, 6.45) is 1.09. The Morgan fingerprint density at radius 3 is 2.21 bits per heavy atom. The van der Waals surface area contributed by atoms with E-state index in [1.54, 1.807) is 6.07 Å². The Hall–Kier alpha value is -4.05. The van der Waals surface area contributed by atoms with E-state index in [0.717, 1.165) is 11.8 Å². The zero-order chi connectivity index (χ0) is 28.1. The standard InChI is InChI=1S/C29H29F2N5O2S/c1-17(29(2,3)4)36-23-16-19(14-15-22(23)32-28(36)35-39(5,37)38)26-25(18-10-7-6-8-11-18)33-27(34-26)24-20(30)12-9-13-21(24)31/h6-17H,1-5H3,(H,32,35)(H,33,34). The quantitative estimate of drug-likeness (QED) is 0.238. The van der Waals surface area contributed by atoms with Crippen molar-refractivity contribution in [2.24, 2.45) is 5.41 Å². The third-order valence-corrected chi connectivity index (χ3v) is 7.40. The number of benzene rings is 3. The molecular formula is C29H29F2N5O2S. The van der Waals surface area contributed by atoms with E-state index in [2.05, 4.69) is 40.4 Å². The molecule has 0 saturated heterocycles. The number of anilines is 1. The third kappa shape index (κ3) is 5.16. The first-order chi connectivity index (χ1) is 18.3. The van der Waals surface area contributed by atoms with Gasteiger partial charge in [-0.05, 0) is 36.6 Å². The van der Waals surface area contributed by atoms with E-state index in [0.29, 0.717) is 28.0 Å². The Morgan fingerprint density at radius 1 is 0.923 bits per heavy atom. The van der Waals surface area contributed by atoms with Gasteiger partial charge in [0.15, 0.2) is 0 Å². The molecule has 1 atom stereocenters. The first-order valence-corrected chi connectivity index (χ1v) is 14.3. The molecule has 5 rings (SSSR count). The normalized spacial score (nSPS) is 13.1. The van der Waals surface area contributed by atoms with Gasteiger partial charge in [0.05, 0.1) is 34.2 Å². The molecular weight excluding hydrogens is 520 g/mol. The fourth-order valence-corrected chi connectivity index (χ4v) is 4.97. The summed E-state index contributed by atoms with van der Waals surface area (Å²) in [5, 5.41) is 0. The van der Waals surface area contributed by atoms with Crippen molar-refractivity contribution in [2.45, 2.75) is 33.7 Å². The number of aromatic amines is 1. The van der Waals surface area contributed by atoms with Crippen LogP contribution in [0, 0.1) is 17.0 Å². The molecule has 1 unspecified atom stereocenters. The second kappa shape index (κ2) is 9.60. The van der Waals surface area contributed by atoms with E-state index in [4.69, 9.17) is 0 Å². The number of rotatable bonds is 6. The van der Waals surface area contributed by atoms with Crippen LogP contribution in [0.15, 0.2) is 66.7 Å². The van der Waals surface area contributed by atoms with Crippen LogP contribution in [0.3, 0.4) is 0 Å². The Balaban J connectivity index is 1.77. The van der Waals surface area contributed by atoms with Crippen molar-refractivity contribution in [1.29, 1.82) is 0 Å². The summed E-state index contributed by atoms with van der Waals surface area (Å²) >= 11 is 0. The number of imidazole rings is 2. The van der Waals surface area contributed by atoms with Gasteiger partial charge in [0.2, 0.25) is 16.0 Å². The van der Waals surface area contributed by atoms with Crippen molar-refractivity contribution in [1.82, 2.24) is 19.5 Å². The lowest BCUT2D eigenvalue weighted by Gasteiger charge is -2.30. The van der Waals surface area contributed by atoms with Crippen molar-refractivity contribution in [3.8, 4) is 33.9 Å². The average molecular weight is 550 g/mol. The number of sulfonamides is 1. The first-order valence-electron chi connectivity index (χ1n) is 12.4. The highest BCUT2D eigenvalue weighted by Crippen LogP contribution is 2.39. The number of nitrogens with one attached hydrogen (secondary N) is 2. The lowest BCUT2D eigenvalue weighted by atomic mass is 9.87. The van der Waals surface area contributed by atoms with Gasteiger partial charge in [0, 0.05) is 17.2 Å². The van der Waals surface area contributed by atoms with Crippen molar-refractivity contribution < 1.29 is 17.2 Å². The minimum Gasteiger partial charge on any atom is -0.337 e. The van der Waals surface area contributed by atoms with Gasteiger partial charge in [0.1, 0.15) is 17.5 Å². The number of aromatic nitrogens is 4. The molecule has 0 fully saturated rings. The van der Waals surface area contributed by atoms with Gasteiger partial charge in [-0.15, -0.1) is 0 Å². The number of fused-ring (bicyclic) bond motifs is 1. The second-order valence-electron chi connectivity index (χ2n) is 10.7. The molecule has 2 heterocycles. The van der Waals surface area contributed by atoms with Gasteiger partial charge in [-0.1, -0.05) is 63.2 Å². The number of H-pyrrole nitrogens is 1. The van der Waals surface area contributed by atoms with Crippen LogP contribution in [-0.2, 0) is 10.0 Å². The lowest BCUT2D eigenvalue weighted by Crippen LogP contribution is -2.24. The maximum Gasteiger partial charge on any atom is 0.232 e. The molecule has 0 aliphatic carbocycles. The molecule has 0 saturated carbocycles. The van der Waals surface area contributed by atoms with Crippen LogP contribution < -0.4 is 4.72 Å². The average Bonchev–Trinajstić information content (AvgIpc) is 3.43. The van der Waals surface area contributed by atoms with E-state index < -0.39 is 21.7 Å². The van der Waals surface area contributed by atoms with E-state index in [9.17, 15) is 17.2 Å². The molecule has 2 N–H and O–H groups in total. The SMILES string of the molecule is CC(n1c(NS(C)(=O)=O)nc2ccc(-c3nc(-c4c(F)cccc4F)[nH]c3-c3ccccc3)cc21)C(C)(C)C. The summed E-state index contributed by atoms with van der Waals surface area (Å²) in [7, 11) is -3.59. The van der Waals surface area contributed by atoms with Crippen LogP contribution in [0.4, 0.5) is 14.7 Å². The van der Waals surface area contributed by atoms with Gasteiger partial charge < -0.3 is 9.55 Å². The van der Waals surface area contributed by atoms with Crippen LogP contribution in [0.5, 0.6) is 0 Å². The number of halogens is 2. The van der Waals surface area contributed by atoms with Crippen molar-refractivity contribution in [3.05, 3.63) is 78.4 Å². The van der Waals surface area contributed by atoms with Gasteiger partial charge in [-0.25, -0.2) is 27.2 Å². The molecule has 2 aromatic heterocycles. The molecule has 39 heavy (non-hydrogen) atoms. The molecule has 7 nitrogen and oxygen atoms in total. The van der Waals surface area contributed by atoms with Crippen molar-refractivity contribution in [2.75, 3.05) is 11.0 Å². The highest BCUT2D eigenvalue weighted by molar-refractivity contribution is 7.92. The van der Waals surface area contributed by atoms with E-state index >= 15 is 0 Å². The molecule has 3 aromatic carbocycles. The van der Waals surface area contributed by atoms with Crippen molar-refractivity contribution in [3.63, 3.8) is 0 Å². The molecule has 5 aromatic rings. The van der Waals surface area contributed by atoms with E-state index in [1.807, 2.05) is 54.0 Å². The largest absolute Gasteiger partial charge is 0.337 e. The minimum atomic E-state index is -3.59.